The first kappa shape index (κ1) is 22.5. The monoisotopic (exact) mass is 463 g/mol. The van der Waals surface area contributed by atoms with E-state index in [2.05, 4.69) is 25.1 Å². The van der Waals surface area contributed by atoms with E-state index in [1.165, 1.54) is 6.07 Å². The molecule has 2 aliphatic rings. The molecule has 2 aromatic heterocycles. The molecule has 5 rings (SSSR count). The number of nitrogens with zero attached hydrogens (tertiary/aromatic N) is 3. The van der Waals surface area contributed by atoms with E-state index in [0.29, 0.717) is 17.1 Å². The van der Waals surface area contributed by atoms with Gasteiger partial charge in [-0.3, -0.25) is 14.5 Å². The first-order valence-corrected chi connectivity index (χ1v) is 11.9. The molecule has 0 radical (unpaired) electrons. The van der Waals surface area contributed by atoms with Gasteiger partial charge < -0.3 is 15.2 Å². The Labute approximate surface area is 198 Å². The van der Waals surface area contributed by atoms with Crippen molar-refractivity contribution >= 4 is 22.4 Å². The van der Waals surface area contributed by atoms with E-state index in [1.54, 1.807) is 25.2 Å². The number of pyridine rings is 2. The van der Waals surface area contributed by atoms with Gasteiger partial charge in [0, 0.05) is 50.9 Å². The standard InChI is InChI=1S/C26H30FN5O2/c1-16-23(9-8-21(29-16)25(33)28-2)32-12-10-31(11-13-32)19-7-6-17(14-19)22-15-18-4-3-5-20(27)24(18)26(34)30-22/h3-5,8-9,15,17,19H,6-7,10-14H2,1-2H3,(H,28,33)(H,30,34)/t17-,19+/m1/s1. The number of rotatable bonds is 4. The average Bonchev–Trinajstić information content (AvgIpc) is 3.34. The van der Waals surface area contributed by atoms with Gasteiger partial charge in [-0.2, -0.15) is 0 Å². The molecular formula is C26H30FN5O2. The second-order valence-corrected chi connectivity index (χ2v) is 9.32. The Bertz CT molecular complexity index is 1280. The minimum absolute atomic E-state index is 0.144. The number of hydrogen-bond donors (Lipinski definition) is 2. The molecule has 3 aromatic rings. The smallest absolute Gasteiger partial charge is 0.269 e. The lowest BCUT2D eigenvalue weighted by atomic mass is 10.00. The lowest BCUT2D eigenvalue weighted by Crippen LogP contribution is -2.50. The second-order valence-electron chi connectivity index (χ2n) is 9.32. The lowest BCUT2D eigenvalue weighted by Gasteiger charge is -2.39. The maximum atomic E-state index is 14.1. The van der Waals surface area contributed by atoms with Crippen molar-refractivity contribution in [2.45, 2.75) is 38.1 Å². The summed E-state index contributed by atoms with van der Waals surface area (Å²) >= 11 is 0. The number of benzene rings is 1. The molecule has 34 heavy (non-hydrogen) atoms. The van der Waals surface area contributed by atoms with E-state index in [9.17, 15) is 14.0 Å². The Morgan fingerprint density at radius 3 is 2.68 bits per heavy atom. The number of H-pyrrole nitrogens is 1. The number of aromatic nitrogens is 2. The minimum atomic E-state index is -0.471. The third-order valence-corrected chi connectivity index (χ3v) is 7.38. The van der Waals surface area contributed by atoms with Crippen molar-refractivity contribution in [3.8, 4) is 0 Å². The second kappa shape index (κ2) is 9.18. The number of piperazine rings is 1. The Hall–Kier alpha value is -3.26. The summed E-state index contributed by atoms with van der Waals surface area (Å²) in [5.74, 6) is -0.360. The van der Waals surface area contributed by atoms with E-state index in [-0.39, 0.29) is 22.8 Å². The van der Waals surface area contributed by atoms with Crippen LogP contribution in [-0.4, -0.2) is 60.0 Å². The predicted octanol–water partition coefficient (Wildman–Crippen LogP) is 3.19. The van der Waals surface area contributed by atoms with Crippen molar-refractivity contribution in [3.63, 3.8) is 0 Å². The van der Waals surface area contributed by atoms with Crippen LogP contribution >= 0.6 is 0 Å². The molecule has 0 unspecified atom stereocenters. The van der Waals surface area contributed by atoms with Gasteiger partial charge in [0.25, 0.3) is 11.5 Å². The Balaban J connectivity index is 1.23. The summed E-state index contributed by atoms with van der Waals surface area (Å²) in [7, 11) is 1.61. The van der Waals surface area contributed by atoms with Gasteiger partial charge >= 0.3 is 0 Å². The number of carbonyl (C=O) groups excluding carboxylic acids is 1. The number of fused-ring (bicyclic) bond motifs is 1. The molecule has 178 valence electrons. The highest BCUT2D eigenvalue weighted by Crippen LogP contribution is 2.37. The number of aromatic amines is 1. The molecule has 1 saturated heterocycles. The van der Waals surface area contributed by atoms with Crippen LogP contribution in [0.4, 0.5) is 10.1 Å². The number of nitrogens with one attached hydrogen (secondary N) is 2. The molecule has 7 nitrogen and oxygen atoms in total. The fourth-order valence-electron chi connectivity index (χ4n) is 5.56. The zero-order valence-corrected chi connectivity index (χ0v) is 19.6. The minimum Gasteiger partial charge on any atom is -0.368 e. The molecule has 2 fully saturated rings. The summed E-state index contributed by atoms with van der Waals surface area (Å²) in [6, 6.07) is 11.0. The van der Waals surface area contributed by atoms with Crippen LogP contribution in [0.5, 0.6) is 0 Å². The Morgan fingerprint density at radius 2 is 1.94 bits per heavy atom. The predicted molar refractivity (Wildman–Crippen MR) is 131 cm³/mol. The van der Waals surface area contributed by atoms with Crippen molar-refractivity contribution in [3.05, 3.63) is 69.7 Å². The molecule has 2 N–H and O–H groups in total. The maximum absolute atomic E-state index is 14.1. The molecule has 1 saturated carbocycles. The van der Waals surface area contributed by atoms with Crippen molar-refractivity contribution in [2.75, 3.05) is 38.1 Å². The van der Waals surface area contributed by atoms with Gasteiger partial charge in [-0.15, -0.1) is 0 Å². The highest BCUT2D eigenvalue weighted by atomic mass is 19.1. The highest BCUT2D eigenvalue weighted by molar-refractivity contribution is 5.92. The molecular weight excluding hydrogens is 433 g/mol. The molecule has 0 bridgehead atoms. The summed E-state index contributed by atoms with van der Waals surface area (Å²) in [6.45, 7) is 5.71. The largest absolute Gasteiger partial charge is 0.368 e. The van der Waals surface area contributed by atoms with Gasteiger partial charge in [0.05, 0.1) is 16.8 Å². The van der Waals surface area contributed by atoms with E-state index < -0.39 is 5.82 Å². The molecule has 1 aromatic carbocycles. The number of hydrogen-bond acceptors (Lipinski definition) is 5. The van der Waals surface area contributed by atoms with Gasteiger partial charge in [0.1, 0.15) is 11.5 Å². The first-order chi connectivity index (χ1) is 16.4. The summed E-state index contributed by atoms with van der Waals surface area (Å²) in [6.07, 6.45) is 3.11. The molecule has 8 heteroatoms. The lowest BCUT2D eigenvalue weighted by molar-refractivity contribution is 0.0958. The molecule has 2 atom stereocenters. The van der Waals surface area contributed by atoms with Gasteiger partial charge in [0.15, 0.2) is 0 Å². The first-order valence-electron chi connectivity index (χ1n) is 11.9. The van der Waals surface area contributed by atoms with Crippen LogP contribution in [0.15, 0.2) is 41.2 Å². The van der Waals surface area contributed by atoms with Gasteiger partial charge in [-0.1, -0.05) is 12.1 Å². The Morgan fingerprint density at radius 1 is 1.15 bits per heavy atom. The number of aryl methyl sites for hydroxylation is 1. The topological polar surface area (TPSA) is 81.3 Å². The molecule has 1 aliphatic heterocycles. The van der Waals surface area contributed by atoms with E-state index in [1.807, 2.05) is 19.1 Å². The van der Waals surface area contributed by atoms with Gasteiger partial charge in [-0.05, 0) is 55.8 Å². The highest BCUT2D eigenvalue weighted by Gasteiger charge is 2.33. The van der Waals surface area contributed by atoms with Crippen molar-refractivity contribution in [1.82, 2.24) is 20.2 Å². The van der Waals surface area contributed by atoms with Crippen LogP contribution in [-0.2, 0) is 0 Å². The summed E-state index contributed by atoms with van der Waals surface area (Å²) in [5.41, 5.74) is 2.97. The fraction of sp³-hybridized carbons (Fsp3) is 0.423. The van der Waals surface area contributed by atoms with Crippen LogP contribution in [0.25, 0.3) is 10.8 Å². The number of amides is 1. The van der Waals surface area contributed by atoms with Crippen LogP contribution in [0.2, 0.25) is 0 Å². The van der Waals surface area contributed by atoms with Crippen LogP contribution in [0.3, 0.4) is 0 Å². The quantitative estimate of drug-likeness (QED) is 0.621. The number of carbonyl (C=O) groups is 1. The summed E-state index contributed by atoms with van der Waals surface area (Å²) < 4.78 is 14.1. The van der Waals surface area contributed by atoms with Crippen LogP contribution in [0.1, 0.15) is 47.1 Å². The maximum Gasteiger partial charge on any atom is 0.269 e. The van der Waals surface area contributed by atoms with E-state index in [0.717, 1.165) is 62.5 Å². The molecule has 1 amide bonds. The van der Waals surface area contributed by atoms with Crippen molar-refractivity contribution < 1.29 is 9.18 Å². The van der Waals surface area contributed by atoms with E-state index >= 15 is 0 Å². The molecule has 1 aliphatic carbocycles. The van der Waals surface area contributed by atoms with Crippen molar-refractivity contribution in [2.24, 2.45) is 0 Å². The van der Waals surface area contributed by atoms with Crippen LogP contribution < -0.4 is 15.8 Å². The molecule has 0 spiro atoms. The molecule has 3 heterocycles. The fourth-order valence-corrected chi connectivity index (χ4v) is 5.56. The summed E-state index contributed by atoms with van der Waals surface area (Å²) in [5, 5.41) is 3.43. The summed E-state index contributed by atoms with van der Waals surface area (Å²) in [4.78, 5) is 36.7. The van der Waals surface area contributed by atoms with Crippen molar-refractivity contribution in [1.29, 1.82) is 0 Å². The zero-order chi connectivity index (χ0) is 23.8. The average molecular weight is 464 g/mol. The third-order valence-electron chi connectivity index (χ3n) is 7.38. The number of halogens is 1. The Kier molecular flexibility index (Phi) is 6.08. The third kappa shape index (κ3) is 4.18. The van der Waals surface area contributed by atoms with Crippen LogP contribution in [0, 0.1) is 12.7 Å². The zero-order valence-electron chi connectivity index (χ0n) is 19.6. The van der Waals surface area contributed by atoms with Gasteiger partial charge in [0.2, 0.25) is 0 Å². The normalized spacial score (nSPS) is 21.2. The SMILES string of the molecule is CNC(=O)c1ccc(N2CCN([C@H]3CC[C@@H](c4cc5cccc(F)c5c(=O)[nH]4)C3)CC2)c(C)n1. The van der Waals surface area contributed by atoms with E-state index in [4.69, 9.17) is 0 Å². The number of anilines is 1. The van der Waals surface area contributed by atoms with Gasteiger partial charge in [-0.25, -0.2) is 9.37 Å².